The largest absolute Gasteiger partial charge is 0.288 e. The van der Waals surface area contributed by atoms with E-state index in [0.29, 0.717) is 11.1 Å². The molecule has 23 heavy (non-hydrogen) atoms. The van der Waals surface area contributed by atoms with E-state index in [-0.39, 0.29) is 17.1 Å². The molecule has 0 unspecified atom stereocenters. The third kappa shape index (κ3) is 3.52. The Kier molecular flexibility index (Phi) is 4.60. The van der Waals surface area contributed by atoms with Crippen LogP contribution in [-0.4, -0.2) is 11.6 Å². The lowest BCUT2D eigenvalue weighted by Gasteiger charge is -2.06. The maximum Gasteiger partial charge on any atom is 0.197 e. The van der Waals surface area contributed by atoms with Gasteiger partial charge in [0.2, 0.25) is 0 Å². The second kappa shape index (κ2) is 6.99. The standard InChI is InChI=1S/C20H14O2S/c21-19(15-8-3-1-4-9-15)18(14-17-12-7-13-23-17)20(22)16-10-5-2-6-11-16/h1-14H. The van der Waals surface area contributed by atoms with Crippen molar-refractivity contribution >= 4 is 29.0 Å². The van der Waals surface area contributed by atoms with Crippen LogP contribution in [0.1, 0.15) is 25.6 Å². The van der Waals surface area contributed by atoms with E-state index >= 15 is 0 Å². The Balaban J connectivity index is 2.05. The fourth-order valence-corrected chi connectivity index (χ4v) is 2.90. The molecule has 0 fully saturated rings. The summed E-state index contributed by atoms with van der Waals surface area (Å²) in [7, 11) is 0. The maximum atomic E-state index is 12.8. The summed E-state index contributed by atoms with van der Waals surface area (Å²) >= 11 is 1.50. The number of hydrogen-bond acceptors (Lipinski definition) is 3. The highest BCUT2D eigenvalue weighted by Crippen LogP contribution is 2.20. The zero-order valence-corrected chi connectivity index (χ0v) is 13.1. The van der Waals surface area contributed by atoms with Gasteiger partial charge in [0.25, 0.3) is 0 Å². The van der Waals surface area contributed by atoms with Gasteiger partial charge in [0, 0.05) is 16.0 Å². The number of rotatable bonds is 5. The molecule has 0 atom stereocenters. The first-order valence-electron chi connectivity index (χ1n) is 7.20. The Labute approximate surface area is 138 Å². The molecule has 0 aliphatic heterocycles. The Morgan fingerprint density at radius 1 is 0.696 bits per heavy atom. The maximum absolute atomic E-state index is 12.8. The highest BCUT2D eigenvalue weighted by atomic mass is 32.1. The van der Waals surface area contributed by atoms with Gasteiger partial charge in [0.05, 0.1) is 5.57 Å². The molecule has 3 heteroatoms. The molecule has 2 aromatic carbocycles. The van der Waals surface area contributed by atoms with Crippen LogP contribution in [0, 0.1) is 0 Å². The molecule has 0 bridgehead atoms. The summed E-state index contributed by atoms with van der Waals surface area (Å²) in [5.74, 6) is -0.513. The van der Waals surface area contributed by atoms with Crippen LogP contribution in [0.3, 0.4) is 0 Å². The van der Waals surface area contributed by atoms with Gasteiger partial charge in [0.15, 0.2) is 11.6 Å². The van der Waals surface area contributed by atoms with E-state index in [2.05, 4.69) is 0 Å². The average molecular weight is 318 g/mol. The van der Waals surface area contributed by atoms with Gasteiger partial charge in [-0.2, -0.15) is 0 Å². The third-order valence-electron chi connectivity index (χ3n) is 3.39. The average Bonchev–Trinajstić information content (AvgIpc) is 3.13. The fourth-order valence-electron chi connectivity index (χ4n) is 2.24. The molecule has 3 aromatic rings. The van der Waals surface area contributed by atoms with E-state index in [1.54, 1.807) is 54.6 Å². The van der Waals surface area contributed by atoms with Crippen LogP contribution >= 0.6 is 11.3 Å². The molecular weight excluding hydrogens is 304 g/mol. The van der Waals surface area contributed by atoms with Crippen molar-refractivity contribution in [2.75, 3.05) is 0 Å². The zero-order valence-electron chi connectivity index (χ0n) is 12.3. The number of carbonyl (C=O) groups excluding carboxylic acids is 2. The van der Waals surface area contributed by atoms with E-state index in [9.17, 15) is 9.59 Å². The first-order chi connectivity index (χ1) is 11.3. The lowest BCUT2D eigenvalue weighted by atomic mass is 9.95. The van der Waals surface area contributed by atoms with Gasteiger partial charge in [-0.05, 0) is 17.5 Å². The van der Waals surface area contributed by atoms with Gasteiger partial charge in [-0.15, -0.1) is 11.3 Å². The number of allylic oxidation sites excluding steroid dienone is 1. The number of thiophene rings is 1. The van der Waals surface area contributed by atoms with Crippen LogP contribution in [0.2, 0.25) is 0 Å². The number of carbonyl (C=O) groups is 2. The topological polar surface area (TPSA) is 34.1 Å². The Morgan fingerprint density at radius 3 is 1.65 bits per heavy atom. The summed E-state index contributed by atoms with van der Waals surface area (Å²) in [6.45, 7) is 0. The Hall–Kier alpha value is -2.78. The normalized spacial score (nSPS) is 10.1. The van der Waals surface area contributed by atoms with E-state index in [4.69, 9.17) is 0 Å². The van der Waals surface area contributed by atoms with E-state index < -0.39 is 0 Å². The van der Waals surface area contributed by atoms with Crippen molar-refractivity contribution in [3.63, 3.8) is 0 Å². The van der Waals surface area contributed by atoms with Gasteiger partial charge in [-0.25, -0.2) is 0 Å². The molecule has 0 amide bonds. The molecule has 0 aliphatic rings. The third-order valence-corrected chi connectivity index (χ3v) is 4.21. The van der Waals surface area contributed by atoms with Gasteiger partial charge in [-0.3, -0.25) is 9.59 Å². The van der Waals surface area contributed by atoms with Crippen molar-refractivity contribution < 1.29 is 9.59 Å². The van der Waals surface area contributed by atoms with Crippen molar-refractivity contribution in [3.8, 4) is 0 Å². The number of hydrogen-bond donors (Lipinski definition) is 0. The molecule has 0 spiro atoms. The number of Topliss-reactive ketones (excluding diaryl/α,β-unsaturated/α-hetero) is 2. The SMILES string of the molecule is O=C(C(=Cc1cccs1)C(=O)c1ccccc1)c1ccccc1. The highest BCUT2D eigenvalue weighted by Gasteiger charge is 2.21. The Morgan fingerprint density at radius 2 is 1.22 bits per heavy atom. The zero-order chi connectivity index (χ0) is 16.1. The molecule has 1 heterocycles. The quantitative estimate of drug-likeness (QED) is 0.290. The van der Waals surface area contributed by atoms with Crippen molar-refractivity contribution in [2.45, 2.75) is 0 Å². The van der Waals surface area contributed by atoms with Crippen LogP contribution in [0.4, 0.5) is 0 Å². The minimum Gasteiger partial charge on any atom is -0.288 e. The summed E-state index contributed by atoms with van der Waals surface area (Å²) in [6.07, 6.45) is 1.68. The van der Waals surface area contributed by atoms with E-state index in [0.717, 1.165) is 4.88 Å². The highest BCUT2D eigenvalue weighted by molar-refractivity contribution is 7.10. The minimum absolute atomic E-state index is 0.185. The molecule has 0 radical (unpaired) electrons. The smallest absolute Gasteiger partial charge is 0.197 e. The van der Waals surface area contributed by atoms with Crippen LogP contribution in [-0.2, 0) is 0 Å². The van der Waals surface area contributed by atoms with Crippen LogP contribution in [0.25, 0.3) is 6.08 Å². The van der Waals surface area contributed by atoms with Crippen LogP contribution in [0.5, 0.6) is 0 Å². The number of benzene rings is 2. The first kappa shape index (κ1) is 15.1. The molecular formula is C20H14O2S. The van der Waals surface area contributed by atoms with Crippen molar-refractivity contribution in [3.05, 3.63) is 99.8 Å². The van der Waals surface area contributed by atoms with Crippen molar-refractivity contribution in [2.24, 2.45) is 0 Å². The molecule has 0 aliphatic carbocycles. The minimum atomic E-state index is -0.257. The lowest BCUT2D eigenvalue weighted by Crippen LogP contribution is -2.13. The second-order valence-electron chi connectivity index (χ2n) is 4.96. The molecule has 3 rings (SSSR count). The predicted molar refractivity (Wildman–Crippen MR) is 93.8 cm³/mol. The lowest BCUT2D eigenvalue weighted by molar-refractivity contribution is 0.0964. The van der Waals surface area contributed by atoms with Crippen LogP contribution in [0.15, 0.2) is 83.7 Å². The molecule has 0 saturated heterocycles. The Bertz CT molecular complexity index is 778. The summed E-state index contributed by atoms with van der Waals surface area (Å²) in [6, 6.07) is 21.6. The molecule has 1 aromatic heterocycles. The summed E-state index contributed by atoms with van der Waals surface area (Å²) in [4.78, 5) is 26.5. The molecule has 112 valence electrons. The van der Waals surface area contributed by atoms with Gasteiger partial charge >= 0.3 is 0 Å². The molecule has 0 N–H and O–H groups in total. The molecule has 2 nitrogen and oxygen atoms in total. The second-order valence-corrected chi connectivity index (χ2v) is 5.94. The van der Waals surface area contributed by atoms with Crippen LogP contribution < -0.4 is 0 Å². The van der Waals surface area contributed by atoms with E-state index in [1.165, 1.54) is 11.3 Å². The van der Waals surface area contributed by atoms with E-state index in [1.807, 2.05) is 29.6 Å². The predicted octanol–water partition coefficient (Wildman–Crippen LogP) is 4.90. The first-order valence-corrected chi connectivity index (χ1v) is 8.08. The van der Waals surface area contributed by atoms with Crippen molar-refractivity contribution in [1.29, 1.82) is 0 Å². The van der Waals surface area contributed by atoms with Gasteiger partial charge < -0.3 is 0 Å². The van der Waals surface area contributed by atoms with Gasteiger partial charge in [-0.1, -0.05) is 66.7 Å². The fraction of sp³-hybridized carbons (Fsp3) is 0. The molecule has 0 saturated carbocycles. The number of ketones is 2. The summed E-state index contributed by atoms with van der Waals surface area (Å²) in [5.41, 5.74) is 1.21. The van der Waals surface area contributed by atoms with Crippen molar-refractivity contribution in [1.82, 2.24) is 0 Å². The summed E-state index contributed by atoms with van der Waals surface area (Å²) < 4.78 is 0. The summed E-state index contributed by atoms with van der Waals surface area (Å²) in [5, 5.41) is 1.92. The monoisotopic (exact) mass is 318 g/mol. The van der Waals surface area contributed by atoms with Gasteiger partial charge in [0.1, 0.15) is 0 Å².